The van der Waals surface area contributed by atoms with Gasteiger partial charge in [0.15, 0.2) is 0 Å². The van der Waals surface area contributed by atoms with Crippen molar-refractivity contribution in [1.29, 1.82) is 0 Å². The second-order valence-electron chi connectivity index (χ2n) is 10.2. The molecule has 2 saturated heterocycles. The van der Waals surface area contributed by atoms with Crippen LogP contribution in [0.4, 0.5) is 17.2 Å². The van der Waals surface area contributed by atoms with Crippen molar-refractivity contribution in [3.8, 4) is 22.8 Å². The molecule has 9 nitrogen and oxygen atoms in total. The fourth-order valence-electron chi connectivity index (χ4n) is 5.69. The Labute approximate surface area is 227 Å². The van der Waals surface area contributed by atoms with Gasteiger partial charge < -0.3 is 29.0 Å². The Morgan fingerprint density at radius 2 is 1.87 bits per heavy atom. The minimum Gasteiger partial charge on any atom is -0.495 e. The van der Waals surface area contributed by atoms with E-state index in [1.807, 2.05) is 41.3 Å². The smallest absolute Gasteiger partial charge is 0.245 e. The molecule has 0 atom stereocenters. The molecule has 1 N–H and O–H groups in total. The van der Waals surface area contributed by atoms with Crippen molar-refractivity contribution in [1.82, 2.24) is 14.9 Å². The van der Waals surface area contributed by atoms with Crippen molar-refractivity contribution < 1.29 is 18.7 Å². The number of nitrogens with zero attached hydrogens (tertiary/aromatic N) is 4. The maximum atomic E-state index is 12.0. The van der Waals surface area contributed by atoms with Crippen molar-refractivity contribution >= 4 is 34.0 Å². The van der Waals surface area contributed by atoms with E-state index in [9.17, 15) is 4.79 Å². The lowest BCUT2D eigenvalue weighted by Gasteiger charge is -2.55. The molecule has 2 aliphatic heterocycles. The van der Waals surface area contributed by atoms with E-state index in [2.05, 4.69) is 32.8 Å². The molecule has 2 aromatic carbocycles. The van der Waals surface area contributed by atoms with Crippen LogP contribution >= 0.6 is 0 Å². The van der Waals surface area contributed by atoms with Crippen molar-refractivity contribution in [2.45, 2.75) is 12.8 Å². The van der Waals surface area contributed by atoms with Gasteiger partial charge in [0, 0.05) is 48.6 Å². The molecular formula is C30H31N5O4. The largest absolute Gasteiger partial charge is 0.495 e. The van der Waals surface area contributed by atoms with Crippen LogP contribution in [0, 0.1) is 5.41 Å². The number of fused-ring (bicyclic) bond motifs is 1. The lowest BCUT2D eigenvalue weighted by atomic mass is 9.71. The predicted molar refractivity (Wildman–Crippen MR) is 151 cm³/mol. The molecule has 2 aromatic heterocycles. The van der Waals surface area contributed by atoms with Crippen LogP contribution < -0.4 is 19.7 Å². The van der Waals surface area contributed by atoms with E-state index in [-0.39, 0.29) is 11.3 Å². The number of amides is 1. The lowest BCUT2D eigenvalue weighted by molar-refractivity contribution is -0.128. The van der Waals surface area contributed by atoms with Crippen molar-refractivity contribution in [3.63, 3.8) is 0 Å². The zero-order chi connectivity index (χ0) is 27.0. The summed E-state index contributed by atoms with van der Waals surface area (Å²) in [5, 5.41) is 4.34. The number of hydrogen-bond acceptors (Lipinski definition) is 8. The molecule has 4 aromatic rings. The van der Waals surface area contributed by atoms with Gasteiger partial charge in [-0.3, -0.25) is 4.79 Å². The first-order valence-corrected chi connectivity index (χ1v) is 13.0. The number of hydrogen-bond donors (Lipinski definition) is 1. The van der Waals surface area contributed by atoms with Crippen molar-refractivity contribution in [2.24, 2.45) is 5.41 Å². The van der Waals surface area contributed by atoms with E-state index in [4.69, 9.17) is 13.9 Å². The maximum absolute atomic E-state index is 12.0. The molecular weight excluding hydrogens is 494 g/mol. The van der Waals surface area contributed by atoms with E-state index >= 15 is 0 Å². The van der Waals surface area contributed by atoms with Crippen LogP contribution in [0.3, 0.4) is 0 Å². The molecule has 2 aliphatic rings. The topological polar surface area (TPSA) is 93.0 Å². The number of benzene rings is 2. The number of likely N-dealkylation sites (tertiary alicyclic amines) is 1. The van der Waals surface area contributed by atoms with Gasteiger partial charge in [-0.15, -0.1) is 0 Å². The highest BCUT2D eigenvalue weighted by atomic mass is 16.5. The minimum absolute atomic E-state index is 0.0172. The molecule has 39 heavy (non-hydrogen) atoms. The Kier molecular flexibility index (Phi) is 6.34. The number of methoxy groups -OCH3 is 2. The molecule has 2 fully saturated rings. The number of anilines is 3. The average molecular weight is 526 g/mol. The molecule has 6 rings (SSSR count). The molecule has 1 amide bonds. The van der Waals surface area contributed by atoms with Gasteiger partial charge >= 0.3 is 0 Å². The maximum Gasteiger partial charge on any atom is 0.245 e. The lowest BCUT2D eigenvalue weighted by Crippen LogP contribution is -2.61. The fourth-order valence-corrected chi connectivity index (χ4v) is 5.69. The van der Waals surface area contributed by atoms with Crippen molar-refractivity contribution in [2.75, 3.05) is 50.6 Å². The second kappa shape index (κ2) is 9.98. The van der Waals surface area contributed by atoms with E-state index in [0.29, 0.717) is 11.6 Å². The Bertz CT molecular complexity index is 1520. The number of piperidine rings is 1. The zero-order valence-electron chi connectivity index (χ0n) is 22.1. The molecule has 0 bridgehead atoms. The number of nitrogens with one attached hydrogen (secondary N) is 1. The monoisotopic (exact) mass is 525 g/mol. The first-order valence-electron chi connectivity index (χ1n) is 13.0. The number of rotatable bonds is 7. The quantitative estimate of drug-likeness (QED) is 0.327. The Balaban J connectivity index is 1.29. The molecule has 0 saturated carbocycles. The van der Waals surface area contributed by atoms with Gasteiger partial charge in [-0.2, -0.15) is 0 Å². The summed E-state index contributed by atoms with van der Waals surface area (Å²) in [6.07, 6.45) is 6.58. The van der Waals surface area contributed by atoms with Gasteiger partial charge in [-0.05, 0) is 55.3 Å². The van der Waals surface area contributed by atoms with Crippen LogP contribution in [0.5, 0.6) is 11.5 Å². The summed E-state index contributed by atoms with van der Waals surface area (Å²) in [6, 6.07) is 13.7. The normalized spacial score (nSPS) is 16.2. The van der Waals surface area contributed by atoms with Gasteiger partial charge in [-0.25, -0.2) is 9.97 Å². The molecule has 0 unspecified atom stereocenters. The summed E-state index contributed by atoms with van der Waals surface area (Å²) in [7, 11) is 3.33. The third kappa shape index (κ3) is 4.54. The number of carbonyl (C=O) groups excluding carboxylic acids is 1. The fraction of sp³-hybridized carbons (Fsp3) is 0.300. The summed E-state index contributed by atoms with van der Waals surface area (Å²) in [4.78, 5) is 25.3. The standard InChI is InChI=1S/C30H31N5O4/c1-4-28(36)34-11-9-30(10-12-34)17-35(18-30)24-15-21-22(16-27(24)38-3)31-19-32-29(21)33-23-14-20(7-8-26(23)37-2)25-6-5-13-39-25/h4-8,13-16,19H,1,9-12,17-18H2,2-3H3,(H,31,32,33). The minimum atomic E-state index is 0.0172. The molecule has 0 radical (unpaired) electrons. The average Bonchev–Trinajstić information content (AvgIpc) is 3.50. The van der Waals surface area contributed by atoms with Crippen LogP contribution in [0.1, 0.15) is 12.8 Å². The predicted octanol–water partition coefficient (Wildman–Crippen LogP) is 5.27. The third-order valence-corrected chi connectivity index (χ3v) is 7.90. The molecule has 200 valence electrons. The Morgan fingerprint density at radius 1 is 1.08 bits per heavy atom. The van der Waals surface area contributed by atoms with Crippen LogP contribution in [-0.4, -0.2) is 61.2 Å². The molecule has 0 aliphatic carbocycles. The van der Waals surface area contributed by atoms with Gasteiger partial charge in [0.1, 0.15) is 29.4 Å². The highest BCUT2D eigenvalue weighted by molar-refractivity contribution is 5.96. The summed E-state index contributed by atoms with van der Waals surface area (Å²) in [5.74, 6) is 2.93. The summed E-state index contributed by atoms with van der Waals surface area (Å²) >= 11 is 0. The molecule has 1 spiro atoms. The van der Waals surface area contributed by atoms with Crippen LogP contribution in [0.15, 0.2) is 72.1 Å². The van der Waals surface area contributed by atoms with Gasteiger partial charge in [-0.1, -0.05) is 6.58 Å². The van der Waals surface area contributed by atoms with E-state index in [0.717, 1.165) is 78.4 Å². The Morgan fingerprint density at radius 3 is 2.56 bits per heavy atom. The number of aromatic nitrogens is 2. The third-order valence-electron chi connectivity index (χ3n) is 7.90. The van der Waals surface area contributed by atoms with Crippen LogP contribution in [-0.2, 0) is 4.79 Å². The van der Waals surface area contributed by atoms with Crippen LogP contribution in [0.25, 0.3) is 22.2 Å². The van der Waals surface area contributed by atoms with Crippen LogP contribution in [0.2, 0.25) is 0 Å². The number of ether oxygens (including phenoxy) is 2. The summed E-state index contributed by atoms with van der Waals surface area (Å²) < 4.78 is 17.0. The SMILES string of the molecule is C=CC(=O)N1CCC2(CC1)CN(c1cc3c(Nc4cc(-c5ccco5)ccc4OC)ncnc3cc1OC)C2. The number of carbonyl (C=O) groups is 1. The molecule has 9 heteroatoms. The summed E-state index contributed by atoms with van der Waals surface area (Å²) in [5.41, 5.74) is 3.70. The first-order chi connectivity index (χ1) is 19.0. The summed E-state index contributed by atoms with van der Waals surface area (Å²) in [6.45, 7) is 7.00. The highest BCUT2D eigenvalue weighted by Crippen LogP contribution is 2.46. The molecule has 4 heterocycles. The van der Waals surface area contributed by atoms with Gasteiger partial charge in [0.05, 0.1) is 37.4 Å². The zero-order valence-corrected chi connectivity index (χ0v) is 22.1. The number of furan rings is 1. The van der Waals surface area contributed by atoms with E-state index in [1.54, 1.807) is 26.8 Å². The second-order valence-corrected chi connectivity index (χ2v) is 10.2. The first kappa shape index (κ1) is 24.8. The van der Waals surface area contributed by atoms with E-state index in [1.165, 1.54) is 6.08 Å². The highest BCUT2D eigenvalue weighted by Gasteiger charge is 2.46. The van der Waals surface area contributed by atoms with Gasteiger partial charge in [0.25, 0.3) is 0 Å². The van der Waals surface area contributed by atoms with Crippen molar-refractivity contribution in [3.05, 3.63) is 67.7 Å². The van der Waals surface area contributed by atoms with E-state index < -0.39 is 0 Å². The Hall–Kier alpha value is -4.53. The van der Waals surface area contributed by atoms with Gasteiger partial charge in [0.2, 0.25) is 5.91 Å².